The standard InChI is InChI=1S/C18H23NO/c1-3-5-12-20-18-11-10-14-8-6-7-9-16(14)17(18)13-15(19)4-2/h3,5-11,15H,4,12-13,19H2,1-2H3/b5-3+. The summed E-state index contributed by atoms with van der Waals surface area (Å²) in [4.78, 5) is 0. The molecule has 1 atom stereocenters. The van der Waals surface area contributed by atoms with Crippen LogP contribution in [0.1, 0.15) is 25.8 Å². The van der Waals surface area contributed by atoms with Gasteiger partial charge < -0.3 is 10.5 Å². The van der Waals surface area contributed by atoms with Gasteiger partial charge in [-0.15, -0.1) is 0 Å². The molecule has 0 fully saturated rings. The second-order valence-electron chi connectivity index (χ2n) is 5.02. The fraction of sp³-hybridized carbons (Fsp3) is 0.333. The second kappa shape index (κ2) is 7.11. The van der Waals surface area contributed by atoms with Crippen molar-refractivity contribution in [2.75, 3.05) is 6.61 Å². The molecule has 0 saturated heterocycles. The average molecular weight is 269 g/mol. The van der Waals surface area contributed by atoms with E-state index in [2.05, 4.69) is 43.3 Å². The maximum absolute atomic E-state index is 6.15. The van der Waals surface area contributed by atoms with Gasteiger partial charge in [-0.2, -0.15) is 0 Å². The van der Waals surface area contributed by atoms with E-state index in [4.69, 9.17) is 10.5 Å². The maximum Gasteiger partial charge on any atom is 0.123 e. The van der Waals surface area contributed by atoms with Gasteiger partial charge in [-0.3, -0.25) is 0 Å². The van der Waals surface area contributed by atoms with E-state index >= 15 is 0 Å². The fourth-order valence-electron chi connectivity index (χ4n) is 2.30. The predicted molar refractivity (Wildman–Crippen MR) is 86.2 cm³/mol. The van der Waals surface area contributed by atoms with Crippen molar-refractivity contribution in [1.29, 1.82) is 0 Å². The van der Waals surface area contributed by atoms with Crippen LogP contribution >= 0.6 is 0 Å². The van der Waals surface area contributed by atoms with Crippen molar-refractivity contribution in [3.05, 3.63) is 54.1 Å². The number of hydrogen-bond donors (Lipinski definition) is 1. The van der Waals surface area contributed by atoms with Crippen LogP contribution in [0.15, 0.2) is 48.6 Å². The van der Waals surface area contributed by atoms with Gasteiger partial charge in [0, 0.05) is 11.6 Å². The van der Waals surface area contributed by atoms with Gasteiger partial charge in [-0.1, -0.05) is 49.4 Å². The molecule has 2 aromatic carbocycles. The third-order valence-electron chi connectivity index (χ3n) is 3.56. The molecular formula is C18H23NO. The van der Waals surface area contributed by atoms with E-state index in [-0.39, 0.29) is 6.04 Å². The number of ether oxygens (including phenoxy) is 1. The SMILES string of the molecule is C/C=C/COc1ccc2ccccc2c1CC(N)CC. The van der Waals surface area contributed by atoms with Crippen molar-refractivity contribution in [3.8, 4) is 5.75 Å². The molecule has 106 valence electrons. The normalized spacial score (nSPS) is 12.9. The van der Waals surface area contributed by atoms with Gasteiger partial charge in [0.1, 0.15) is 12.4 Å². The van der Waals surface area contributed by atoms with Crippen molar-refractivity contribution in [3.63, 3.8) is 0 Å². The lowest BCUT2D eigenvalue weighted by atomic mass is 9.97. The molecule has 2 N–H and O–H groups in total. The summed E-state index contributed by atoms with van der Waals surface area (Å²) in [6.45, 7) is 4.72. The molecule has 0 aliphatic rings. The minimum absolute atomic E-state index is 0.171. The molecule has 2 aromatic rings. The quantitative estimate of drug-likeness (QED) is 0.802. The van der Waals surface area contributed by atoms with Crippen LogP contribution in [0.4, 0.5) is 0 Å². The molecule has 1 unspecified atom stereocenters. The first-order chi connectivity index (χ1) is 9.76. The minimum Gasteiger partial charge on any atom is -0.489 e. The summed E-state index contributed by atoms with van der Waals surface area (Å²) in [7, 11) is 0. The molecule has 2 rings (SSSR count). The zero-order valence-electron chi connectivity index (χ0n) is 12.3. The number of allylic oxidation sites excluding steroid dienone is 1. The third-order valence-corrected chi connectivity index (χ3v) is 3.56. The van der Waals surface area contributed by atoms with Crippen LogP contribution in [-0.2, 0) is 6.42 Å². The van der Waals surface area contributed by atoms with Gasteiger partial charge in [0.05, 0.1) is 0 Å². The summed E-state index contributed by atoms with van der Waals surface area (Å²) in [6, 6.07) is 12.8. The van der Waals surface area contributed by atoms with Crippen molar-refractivity contribution in [2.45, 2.75) is 32.7 Å². The van der Waals surface area contributed by atoms with E-state index in [9.17, 15) is 0 Å². The lowest BCUT2D eigenvalue weighted by molar-refractivity contribution is 0.358. The average Bonchev–Trinajstić information content (AvgIpc) is 2.49. The highest BCUT2D eigenvalue weighted by molar-refractivity contribution is 5.87. The summed E-state index contributed by atoms with van der Waals surface area (Å²) in [5.74, 6) is 0.950. The molecule has 2 heteroatoms. The lowest BCUT2D eigenvalue weighted by Gasteiger charge is -2.16. The molecule has 0 heterocycles. The van der Waals surface area contributed by atoms with E-state index in [1.54, 1.807) is 0 Å². The molecular weight excluding hydrogens is 246 g/mol. The van der Waals surface area contributed by atoms with Gasteiger partial charge >= 0.3 is 0 Å². The summed E-state index contributed by atoms with van der Waals surface area (Å²) in [5.41, 5.74) is 7.37. The number of nitrogens with two attached hydrogens (primary N) is 1. The Morgan fingerprint density at radius 1 is 1.20 bits per heavy atom. The Hall–Kier alpha value is -1.80. The number of hydrogen-bond acceptors (Lipinski definition) is 2. The Balaban J connectivity index is 2.41. The fourth-order valence-corrected chi connectivity index (χ4v) is 2.30. The molecule has 0 aromatic heterocycles. The molecule has 0 spiro atoms. The summed E-state index contributed by atoms with van der Waals surface area (Å²) in [6.07, 6.45) is 5.83. The molecule has 0 bridgehead atoms. The minimum atomic E-state index is 0.171. The first kappa shape index (κ1) is 14.6. The Morgan fingerprint density at radius 2 is 2.00 bits per heavy atom. The molecule has 20 heavy (non-hydrogen) atoms. The summed E-state index contributed by atoms with van der Waals surface area (Å²) in [5, 5.41) is 2.48. The van der Waals surface area contributed by atoms with Crippen LogP contribution in [0, 0.1) is 0 Å². The molecule has 2 nitrogen and oxygen atoms in total. The Bertz CT molecular complexity index is 589. The van der Waals surface area contributed by atoms with Crippen molar-refractivity contribution >= 4 is 10.8 Å². The Kier molecular flexibility index (Phi) is 5.19. The number of fused-ring (bicyclic) bond motifs is 1. The van der Waals surface area contributed by atoms with E-state index < -0.39 is 0 Å². The Labute approximate surface area is 121 Å². The smallest absolute Gasteiger partial charge is 0.123 e. The summed E-state index contributed by atoms with van der Waals surface area (Å²) < 4.78 is 5.89. The third kappa shape index (κ3) is 3.40. The van der Waals surface area contributed by atoms with Crippen molar-refractivity contribution in [1.82, 2.24) is 0 Å². The van der Waals surface area contributed by atoms with Gasteiger partial charge in [0.25, 0.3) is 0 Å². The molecule has 0 saturated carbocycles. The van der Waals surface area contributed by atoms with Crippen LogP contribution in [-0.4, -0.2) is 12.6 Å². The first-order valence-electron chi connectivity index (χ1n) is 7.26. The van der Waals surface area contributed by atoms with Gasteiger partial charge in [-0.05, 0) is 36.6 Å². The maximum atomic E-state index is 6.15. The van der Waals surface area contributed by atoms with Gasteiger partial charge in [0.15, 0.2) is 0 Å². The highest BCUT2D eigenvalue weighted by atomic mass is 16.5. The van der Waals surface area contributed by atoms with Crippen molar-refractivity contribution in [2.24, 2.45) is 5.73 Å². The number of rotatable bonds is 6. The highest BCUT2D eigenvalue weighted by Crippen LogP contribution is 2.29. The highest BCUT2D eigenvalue weighted by Gasteiger charge is 2.11. The molecule has 0 aliphatic carbocycles. The van der Waals surface area contributed by atoms with Gasteiger partial charge in [-0.25, -0.2) is 0 Å². The van der Waals surface area contributed by atoms with E-state index in [1.807, 2.05) is 19.1 Å². The lowest BCUT2D eigenvalue weighted by Crippen LogP contribution is -2.22. The number of benzene rings is 2. The largest absolute Gasteiger partial charge is 0.489 e. The first-order valence-corrected chi connectivity index (χ1v) is 7.26. The van der Waals surface area contributed by atoms with E-state index in [0.29, 0.717) is 6.61 Å². The van der Waals surface area contributed by atoms with E-state index in [0.717, 1.165) is 18.6 Å². The second-order valence-corrected chi connectivity index (χ2v) is 5.02. The zero-order chi connectivity index (χ0) is 14.4. The van der Waals surface area contributed by atoms with Crippen LogP contribution in [0.25, 0.3) is 10.8 Å². The van der Waals surface area contributed by atoms with Gasteiger partial charge in [0.2, 0.25) is 0 Å². The topological polar surface area (TPSA) is 35.2 Å². The molecule has 0 aliphatic heterocycles. The Morgan fingerprint density at radius 3 is 2.75 bits per heavy atom. The monoisotopic (exact) mass is 269 g/mol. The van der Waals surface area contributed by atoms with Crippen LogP contribution in [0.5, 0.6) is 5.75 Å². The zero-order valence-corrected chi connectivity index (χ0v) is 12.3. The summed E-state index contributed by atoms with van der Waals surface area (Å²) >= 11 is 0. The van der Waals surface area contributed by atoms with Crippen LogP contribution in [0.3, 0.4) is 0 Å². The molecule has 0 radical (unpaired) electrons. The van der Waals surface area contributed by atoms with Crippen LogP contribution in [0.2, 0.25) is 0 Å². The van der Waals surface area contributed by atoms with Crippen LogP contribution < -0.4 is 10.5 Å². The predicted octanol–water partition coefficient (Wildman–Crippen LogP) is 4.07. The van der Waals surface area contributed by atoms with E-state index in [1.165, 1.54) is 16.3 Å². The molecule has 0 amide bonds. The van der Waals surface area contributed by atoms with Crippen molar-refractivity contribution < 1.29 is 4.74 Å².